The molecule has 0 saturated heterocycles. The summed E-state index contributed by atoms with van der Waals surface area (Å²) in [4.78, 5) is 42.0. The number of hydrogen-bond donors (Lipinski definition) is 3. The Morgan fingerprint density at radius 3 is 2.78 bits per heavy atom. The molecule has 2 aromatic heterocycles. The van der Waals surface area contributed by atoms with Crippen LogP contribution in [-0.2, 0) is 4.79 Å². The molecule has 10 nitrogen and oxygen atoms in total. The van der Waals surface area contributed by atoms with Crippen molar-refractivity contribution in [2.45, 2.75) is 51.1 Å². The van der Waals surface area contributed by atoms with Crippen molar-refractivity contribution in [1.29, 1.82) is 0 Å². The zero-order chi connectivity index (χ0) is 25.9. The summed E-state index contributed by atoms with van der Waals surface area (Å²) < 4.78 is 5.54. The second kappa shape index (κ2) is 10.5. The third-order valence-electron chi connectivity index (χ3n) is 7.23. The number of nitrogens with zero attached hydrogens (tertiary/aromatic N) is 4. The average molecular weight is 504 g/mol. The van der Waals surface area contributed by atoms with Crippen LogP contribution >= 0.6 is 0 Å². The molecule has 3 N–H and O–H groups in total. The smallest absolute Gasteiger partial charge is 0.251 e. The van der Waals surface area contributed by atoms with E-state index in [2.05, 4.69) is 25.5 Å². The molecule has 2 aliphatic rings. The van der Waals surface area contributed by atoms with Crippen LogP contribution in [0.5, 0.6) is 5.75 Å². The fourth-order valence-corrected chi connectivity index (χ4v) is 5.11. The summed E-state index contributed by atoms with van der Waals surface area (Å²) >= 11 is 0. The van der Waals surface area contributed by atoms with Gasteiger partial charge in [0, 0.05) is 43.5 Å². The average Bonchev–Trinajstić information content (AvgIpc) is 3.62. The summed E-state index contributed by atoms with van der Waals surface area (Å²) in [6.45, 7) is 2.56. The van der Waals surface area contributed by atoms with Gasteiger partial charge in [0.1, 0.15) is 11.4 Å². The van der Waals surface area contributed by atoms with Crippen LogP contribution in [0.2, 0.25) is 0 Å². The minimum Gasteiger partial charge on any atom is -0.495 e. The van der Waals surface area contributed by atoms with Gasteiger partial charge in [-0.1, -0.05) is 12.8 Å². The van der Waals surface area contributed by atoms with Gasteiger partial charge in [-0.05, 0) is 50.1 Å². The van der Waals surface area contributed by atoms with Crippen LogP contribution in [0, 0.1) is 0 Å². The molecule has 1 aliphatic carbocycles. The Morgan fingerprint density at radius 2 is 2.05 bits per heavy atom. The van der Waals surface area contributed by atoms with Crippen molar-refractivity contribution in [3.8, 4) is 5.75 Å². The number of anilines is 4. The normalized spacial score (nSPS) is 16.8. The molecule has 1 aliphatic heterocycles. The molecule has 0 radical (unpaired) electrons. The fraction of sp³-hybridized carbons (Fsp3) is 0.407. The van der Waals surface area contributed by atoms with Crippen molar-refractivity contribution in [3.63, 3.8) is 0 Å². The molecule has 0 spiro atoms. The molecule has 1 unspecified atom stereocenters. The van der Waals surface area contributed by atoms with E-state index in [0.717, 1.165) is 24.4 Å². The number of amides is 2. The second-order valence-electron chi connectivity index (χ2n) is 9.60. The second-order valence-corrected chi connectivity index (χ2v) is 9.60. The van der Waals surface area contributed by atoms with Crippen LogP contribution in [-0.4, -0.2) is 53.5 Å². The van der Waals surface area contributed by atoms with E-state index >= 15 is 0 Å². The van der Waals surface area contributed by atoms with E-state index in [1.54, 1.807) is 43.5 Å². The van der Waals surface area contributed by atoms with Crippen LogP contribution in [0.3, 0.4) is 0 Å². The highest BCUT2D eigenvalue weighted by molar-refractivity contribution is 5.98. The summed E-state index contributed by atoms with van der Waals surface area (Å²) in [5.74, 6) is 1.54. The number of aromatic nitrogens is 3. The molecule has 3 heterocycles. The van der Waals surface area contributed by atoms with Crippen LogP contribution in [0.25, 0.3) is 0 Å². The number of methoxy groups -OCH3 is 1. The Balaban J connectivity index is 1.42. The maximum Gasteiger partial charge on any atom is 0.251 e. The lowest BCUT2D eigenvalue weighted by atomic mass is 10.1. The number of fused-ring (bicyclic) bond motifs is 1. The molecule has 5 rings (SSSR count). The zero-order valence-electron chi connectivity index (χ0n) is 21.5. The predicted molar refractivity (Wildman–Crippen MR) is 143 cm³/mol. The number of H-pyrrole nitrogens is 1. The first-order valence-corrected chi connectivity index (χ1v) is 12.7. The van der Waals surface area contributed by atoms with E-state index in [-0.39, 0.29) is 17.9 Å². The summed E-state index contributed by atoms with van der Waals surface area (Å²) in [6, 6.07) is 9.23. The molecule has 37 heavy (non-hydrogen) atoms. The largest absolute Gasteiger partial charge is 0.495 e. The number of aromatic amines is 1. The van der Waals surface area contributed by atoms with E-state index < -0.39 is 0 Å². The molecule has 1 aromatic carbocycles. The fourth-order valence-electron chi connectivity index (χ4n) is 5.11. The molecule has 0 bridgehead atoms. The Hall–Kier alpha value is -4.08. The van der Waals surface area contributed by atoms with Crippen molar-refractivity contribution in [2.24, 2.45) is 0 Å². The Bertz CT molecular complexity index is 1270. The summed E-state index contributed by atoms with van der Waals surface area (Å²) in [6.07, 6.45) is 8.52. The monoisotopic (exact) mass is 503 g/mol. The number of hydrogen-bond acceptors (Lipinski definition) is 7. The first-order chi connectivity index (χ1) is 17.9. The van der Waals surface area contributed by atoms with Gasteiger partial charge in [-0.3, -0.25) is 9.59 Å². The van der Waals surface area contributed by atoms with Crippen LogP contribution in [0.15, 0.2) is 42.7 Å². The molecule has 1 atom stereocenters. The molecule has 3 aromatic rings. The van der Waals surface area contributed by atoms with Crippen molar-refractivity contribution >= 4 is 35.0 Å². The minimum atomic E-state index is -0.205. The molecule has 1 fully saturated rings. The van der Waals surface area contributed by atoms with E-state index in [1.807, 2.05) is 25.3 Å². The standard InChI is InChI=1S/C27H33N7O3/c1-17(20-9-6-13-28-20)30-26(36)18-10-11-23(37-3)21(15-18)31-27-29-16-22-25(32-27)34(19-7-4-5-8-19)14-12-24(35)33(22)2/h6,9-11,13,15-17,19,28H,4-5,7-8,12,14H2,1-3H3,(H,30,36)(H,29,31,32). The van der Waals surface area contributed by atoms with Gasteiger partial charge in [0.2, 0.25) is 11.9 Å². The van der Waals surface area contributed by atoms with Gasteiger partial charge >= 0.3 is 0 Å². The highest BCUT2D eigenvalue weighted by atomic mass is 16.5. The summed E-state index contributed by atoms with van der Waals surface area (Å²) in [5.41, 5.74) is 2.69. The van der Waals surface area contributed by atoms with Crippen LogP contribution in [0.1, 0.15) is 61.1 Å². The maximum atomic E-state index is 13.0. The highest BCUT2D eigenvalue weighted by Gasteiger charge is 2.31. The lowest BCUT2D eigenvalue weighted by Gasteiger charge is -2.30. The van der Waals surface area contributed by atoms with Gasteiger partial charge in [-0.25, -0.2) is 4.98 Å². The van der Waals surface area contributed by atoms with E-state index in [9.17, 15) is 9.59 Å². The van der Waals surface area contributed by atoms with Gasteiger partial charge in [-0.2, -0.15) is 4.98 Å². The third kappa shape index (κ3) is 5.09. The lowest BCUT2D eigenvalue weighted by molar-refractivity contribution is -0.118. The van der Waals surface area contributed by atoms with Gasteiger partial charge in [0.05, 0.1) is 25.0 Å². The minimum absolute atomic E-state index is 0.0556. The molecular weight excluding hydrogens is 470 g/mol. The molecular formula is C27H33N7O3. The van der Waals surface area contributed by atoms with Gasteiger partial charge in [0.25, 0.3) is 5.91 Å². The van der Waals surface area contributed by atoms with Gasteiger partial charge < -0.3 is 30.2 Å². The first-order valence-electron chi connectivity index (χ1n) is 12.7. The number of rotatable bonds is 7. The summed E-state index contributed by atoms with van der Waals surface area (Å²) in [5, 5.41) is 6.25. The Morgan fingerprint density at radius 1 is 1.24 bits per heavy atom. The SMILES string of the molecule is COc1ccc(C(=O)NC(C)c2ccc[nH]2)cc1Nc1ncc2c(n1)N(C1CCCC1)CCC(=O)N2C. The predicted octanol–water partition coefficient (Wildman–Crippen LogP) is 4.16. The summed E-state index contributed by atoms with van der Waals surface area (Å²) in [7, 11) is 3.35. The van der Waals surface area contributed by atoms with Crippen LogP contribution in [0.4, 0.5) is 23.1 Å². The molecule has 2 amide bonds. The topological polar surface area (TPSA) is 115 Å². The quantitative estimate of drug-likeness (QED) is 0.443. The van der Waals surface area contributed by atoms with Crippen LogP contribution < -0.4 is 25.2 Å². The highest BCUT2D eigenvalue weighted by Crippen LogP contribution is 2.37. The molecule has 194 valence electrons. The number of carbonyl (C=O) groups excluding carboxylic acids is 2. The zero-order valence-corrected chi connectivity index (χ0v) is 21.5. The van der Waals surface area contributed by atoms with E-state index in [0.29, 0.717) is 47.6 Å². The first kappa shape index (κ1) is 24.6. The Labute approximate surface area is 216 Å². The van der Waals surface area contributed by atoms with Crippen molar-refractivity contribution < 1.29 is 14.3 Å². The number of ether oxygens (including phenoxy) is 1. The molecule has 1 saturated carbocycles. The maximum absolute atomic E-state index is 13.0. The van der Waals surface area contributed by atoms with Crippen molar-refractivity contribution in [3.05, 3.63) is 54.0 Å². The number of benzene rings is 1. The number of nitrogens with one attached hydrogen (secondary N) is 3. The van der Waals surface area contributed by atoms with Gasteiger partial charge in [-0.15, -0.1) is 0 Å². The van der Waals surface area contributed by atoms with E-state index in [1.165, 1.54) is 12.8 Å². The van der Waals surface area contributed by atoms with E-state index in [4.69, 9.17) is 9.72 Å². The van der Waals surface area contributed by atoms with Crippen molar-refractivity contribution in [2.75, 3.05) is 35.8 Å². The molecule has 10 heteroatoms. The third-order valence-corrected chi connectivity index (χ3v) is 7.23. The van der Waals surface area contributed by atoms with Crippen molar-refractivity contribution in [1.82, 2.24) is 20.3 Å². The van der Waals surface area contributed by atoms with Gasteiger partial charge in [0.15, 0.2) is 5.82 Å². The lowest BCUT2D eigenvalue weighted by Crippen LogP contribution is -2.34. The number of carbonyl (C=O) groups is 2. The Kier molecular flexibility index (Phi) is 6.98.